The molecule has 0 radical (unpaired) electrons. The lowest BCUT2D eigenvalue weighted by atomic mass is 10.1. The molecule has 2 saturated heterocycles. The van der Waals surface area contributed by atoms with Crippen LogP contribution in [0.25, 0.3) is 11.0 Å². The highest BCUT2D eigenvalue weighted by molar-refractivity contribution is 7.90. The monoisotopic (exact) mass is 717 g/mol. The number of halogens is 1. The Labute approximate surface area is 275 Å². The van der Waals surface area contributed by atoms with E-state index in [1.807, 2.05) is 0 Å². The predicted octanol–water partition coefficient (Wildman–Crippen LogP) is 0.623. The molecule has 4 heterocycles. The van der Waals surface area contributed by atoms with Crippen LogP contribution in [0.2, 0.25) is 5.28 Å². The predicted molar refractivity (Wildman–Crippen MR) is 169 cm³/mol. The first kappa shape index (κ1) is 34.4. The Morgan fingerprint density at radius 2 is 1.85 bits per heavy atom. The molecule has 47 heavy (non-hydrogen) atoms. The van der Waals surface area contributed by atoms with E-state index in [-0.39, 0.29) is 23.5 Å². The van der Waals surface area contributed by atoms with Crippen molar-refractivity contribution in [3.8, 4) is 0 Å². The largest absolute Gasteiger partial charge is 0.393 e. The maximum absolute atomic E-state index is 12.7. The number of hydrogen-bond acceptors (Lipinski definition) is 12. The number of benzene rings is 1. The molecule has 1 aromatic carbocycles. The van der Waals surface area contributed by atoms with Crippen molar-refractivity contribution in [3.05, 3.63) is 41.3 Å². The summed E-state index contributed by atoms with van der Waals surface area (Å²) in [6.07, 6.45) is 0.0885. The molecule has 17 nitrogen and oxygen atoms in total. The zero-order chi connectivity index (χ0) is 33.6. The maximum atomic E-state index is 12.7. The molecule has 1 unspecified atom stereocenters. The van der Waals surface area contributed by atoms with Crippen LogP contribution in [0.4, 0.5) is 11.5 Å². The summed E-state index contributed by atoms with van der Waals surface area (Å²) in [5.41, 5.74) is 0.926. The second-order valence-corrected chi connectivity index (χ2v) is 15.9. The number of aliphatic hydroxyl groups is 3. The Morgan fingerprint density at radius 1 is 1.13 bits per heavy atom. The molecule has 0 amide bonds. The van der Waals surface area contributed by atoms with Crippen molar-refractivity contribution in [2.75, 3.05) is 35.9 Å². The minimum absolute atomic E-state index is 0.0655. The van der Waals surface area contributed by atoms with Crippen LogP contribution >= 0.6 is 19.2 Å². The van der Waals surface area contributed by atoms with Gasteiger partial charge in [0, 0.05) is 25.6 Å². The van der Waals surface area contributed by atoms with E-state index in [1.165, 1.54) is 39.4 Å². The average Bonchev–Trinajstić information content (AvgIpc) is 3.75. The summed E-state index contributed by atoms with van der Waals surface area (Å²) < 4.78 is 54.0. The number of rotatable bonds is 11. The highest BCUT2D eigenvalue weighted by atomic mass is 35.5. The van der Waals surface area contributed by atoms with Crippen molar-refractivity contribution >= 4 is 51.9 Å². The van der Waals surface area contributed by atoms with Gasteiger partial charge in [0.15, 0.2) is 17.2 Å². The third kappa shape index (κ3) is 6.87. The Morgan fingerprint density at radius 3 is 2.51 bits per heavy atom. The van der Waals surface area contributed by atoms with Gasteiger partial charge in [0.05, 0.1) is 30.5 Å². The molecule has 2 aromatic heterocycles. The Bertz CT molecular complexity index is 1740. The molecule has 1 saturated carbocycles. The van der Waals surface area contributed by atoms with Gasteiger partial charge in [-0.15, -0.1) is 0 Å². The number of aliphatic hydroxyl groups excluding tert-OH is 3. The van der Waals surface area contributed by atoms with Crippen molar-refractivity contribution in [1.82, 2.24) is 24.5 Å². The third-order valence-electron chi connectivity index (χ3n) is 8.81. The lowest BCUT2D eigenvalue weighted by Crippen LogP contribution is -2.47. The van der Waals surface area contributed by atoms with Gasteiger partial charge >= 0.3 is 17.8 Å². The van der Waals surface area contributed by atoms with Gasteiger partial charge in [-0.25, -0.2) is 4.68 Å². The maximum Gasteiger partial charge on any atom is 0.359 e. The number of anilines is 2. The molecule has 1 aliphatic carbocycles. The molecule has 5 atom stereocenters. The lowest BCUT2D eigenvalue weighted by molar-refractivity contribution is -0.109. The summed E-state index contributed by atoms with van der Waals surface area (Å²) in [6, 6.07) is 6.16. The van der Waals surface area contributed by atoms with E-state index in [0.29, 0.717) is 35.4 Å². The Kier molecular flexibility index (Phi) is 9.83. The molecule has 0 bridgehead atoms. The normalized spacial score (nSPS) is 26.6. The van der Waals surface area contributed by atoms with Crippen molar-refractivity contribution < 1.29 is 47.6 Å². The number of aromatic nitrogens is 4. The fraction of sp³-hybridized carbons (Fsp3) is 0.593. The van der Waals surface area contributed by atoms with Crippen LogP contribution in [0.3, 0.4) is 0 Å². The molecule has 2 aliphatic heterocycles. The quantitative estimate of drug-likeness (QED) is 0.106. The summed E-state index contributed by atoms with van der Waals surface area (Å²) in [6.45, 7) is -1.13. The van der Waals surface area contributed by atoms with Gasteiger partial charge < -0.3 is 39.9 Å². The van der Waals surface area contributed by atoms with Gasteiger partial charge in [-0.3, -0.25) is 8.87 Å². The standard InChI is InChI=1S/C27H37ClN7O10PS/c28-26-32-23(31-17-4-1-2-5-17)19-13-29-35(24(19)33-26)25-22(38)21(37)20(45-25)14-44-27(15-36,46(39,40)41)12-16-6-8-18(9-7-16)34-11-3-10-30-47(34,42)43/h6-9,13,17,20-22,25,30,36-38H,1-5,10-12,14-15H2,(H,31,32,33)(H2,39,40,41)/t20-,21-,22-,25-,27?/m1/s1. The van der Waals surface area contributed by atoms with Crippen molar-refractivity contribution in [3.63, 3.8) is 0 Å². The zero-order valence-electron chi connectivity index (χ0n) is 25.1. The summed E-state index contributed by atoms with van der Waals surface area (Å²) in [4.78, 5) is 29.2. The first-order valence-corrected chi connectivity index (χ1v) is 18.6. The number of hydrogen-bond donors (Lipinski definition) is 7. The SMILES string of the molecule is O=P(O)(O)C(CO)(Cc1ccc(N2CCCNS2(=O)=O)cc1)OC[C@H]1O[C@@H](n2ncc3c(NC4CCCC4)nc(Cl)nc32)[C@H](O)[C@@H]1O. The Balaban J connectivity index is 1.19. The molecular weight excluding hydrogens is 681 g/mol. The minimum atomic E-state index is -5.19. The summed E-state index contributed by atoms with van der Waals surface area (Å²) in [5.74, 6) is 0.475. The molecule has 6 rings (SSSR count). The smallest absolute Gasteiger partial charge is 0.359 e. The lowest BCUT2D eigenvalue weighted by Gasteiger charge is -2.34. The van der Waals surface area contributed by atoms with Gasteiger partial charge in [-0.05, 0) is 48.6 Å². The van der Waals surface area contributed by atoms with Gasteiger partial charge in [-0.1, -0.05) is 25.0 Å². The fourth-order valence-electron chi connectivity index (χ4n) is 6.19. The fourth-order valence-corrected chi connectivity index (χ4v) is 8.49. The number of nitrogens with zero attached hydrogens (tertiary/aromatic N) is 5. The molecular formula is C27H37ClN7O10PS. The molecule has 258 valence electrons. The van der Waals surface area contributed by atoms with E-state index >= 15 is 0 Å². The summed E-state index contributed by atoms with van der Waals surface area (Å²) >= 11 is 6.22. The van der Waals surface area contributed by atoms with E-state index in [2.05, 4.69) is 25.1 Å². The molecule has 0 spiro atoms. The first-order valence-electron chi connectivity index (χ1n) is 15.2. The van der Waals surface area contributed by atoms with E-state index in [1.54, 1.807) is 0 Å². The van der Waals surface area contributed by atoms with Crippen LogP contribution in [-0.4, -0.2) is 109 Å². The van der Waals surface area contributed by atoms with Crippen LogP contribution in [-0.2, 0) is 30.7 Å². The number of ether oxygens (including phenoxy) is 2. The van der Waals surface area contributed by atoms with Crippen LogP contribution < -0.4 is 14.3 Å². The second-order valence-electron chi connectivity index (χ2n) is 12.0. The van der Waals surface area contributed by atoms with Crippen molar-refractivity contribution in [2.45, 2.75) is 74.4 Å². The summed E-state index contributed by atoms with van der Waals surface area (Å²) in [7, 11) is -8.90. The number of fused-ring (bicyclic) bond motifs is 1. The van der Waals surface area contributed by atoms with Crippen LogP contribution in [0.1, 0.15) is 43.9 Å². The molecule has 7 N–H and O–H groups in total. The van der Waals surface area contributed by atoms with Gasteiger partial charge in [0.1, 0.15) is 24.1 Å². The van der Waals surface area contributed by atoms with Gasteiger partial charge in [0.25, 0.3) is 0 Å². The topological polar surface area (TPSA) is 242 Å². The van der Waals surface area contributed by atoms with Crippen LogP contribution in [0, 0.1) is 0 Å². The van der Waals surface area contributed by atoms with E-state index in [9.17, 15) is 38.1 Å². The zero-order valence-corrected chi connectivity index (χ0v) is 27.6. The van der Waals surface area contributed by atoms with Crippen molar-refractivity contribution in [1.29, 1.82) is 0 Å². The van der Waals surface area contributed by atoms with Gasteiger partial charge in [-0.2, -0.15) is 28.2 Å². The third-order valence-corrected chi connectivity index (χ3v) is 12.0. The molecule has 3 aromatic rings. The number of nitrogens with one attached hydrogen (secondary N) is 2. The van der Waals surface area contributed by atoms with Crippen molar-refractivity contribution in [2.24, 2.45) is 0 Å². The van der Waals surface area contributed by atoms with E-state index in [0.717, 1.165) is 25.7 Å². The van der Waals surface area contributed by atoms with E-state index in [4.69, 9.17) is 21.1 Å². The summed E-state index contributed by atoms with van der Waals surface area (Å²) in [5, 5.41) is 37.8. The molecule has 20 heteroatoms. The first-order chi connectivity index (χ1) is 22.3. The second kappa shape index (κ2) is 13.4. The Hall–Kier alpha value is -2.48. The minimum Gasteiger partial charge on any atom is -0.393 e. The molecule has 3 aliphatic rings. The van der Waals surface area contributed by atoms with Crippen LogP contribution in [0.5, 0.6) is 0 Å². The van der Waals surface area contributed by atoms with Gasteiger partial charge in [0.2, 0.25) is 5.28 Å². The molecule has 3 fully saturated rings. The highest BCUT2D eigenvalue weighted by Crippen LogP contribution is 2.53. The average molecular weight is 718 g/mol. The van der Waals surface area contributed by atoms with E-state index < -0.39 is 67.3 Å². The highest BCUT2D eigenvalue weighted by Gasteiger charge is 2.51. The van der Waals surface area contributed by atoms with Crippen LogP contribution in [0.15, 0.2) is 30.5 Å².